The van der Waals surface area contributed by atoms with Gasteiger partial charge in [-0.05, 0) is 75.9 Å². The van der Waals surface area contributed by atoms with E-state index in [-0.39, 0.29) is 12.5 Å². The Hall–Kier alpha value is -5.12. The maximum atomic E-state index is 13.2. The van der Waals surface area contributed by atoms with Gasteiger partial charge in [-0.25, -0.2) is 14.4 Å². The molecular formula is C38H42N2O8. The van der Waals surface area contributed by atoms with Crippen LogP contribution in [0.25, 0.3) is 22.1 Å². The number of carbonyl (C=O) groups excluding carboxylic acids is 3. The number of fused-ring (bicyclic) bond motifs is 4. The molecule has 10 nitrogen and oxygen atoms in total. The number of benzene rings is 3. The summed E-state index contributed by atoms with van der Waals surface area (Å²) in [6.45, 7) is 12.4. The number of amides is 1. The Balaban J connectivity index is 1.29. The molecule has 1 aliphatic rings. The lowest BCUT2D eigenvalue weighted by Gasteiger charge is -2.25. The lowest BCUT2D eigenvalue weighted by molar-refractivity contribution is -0.162. The molecule has 0 saturated heterocycles. The van der Waals surface area contributed by atoms with Crippen LogP contribution < -0.4 is 15.8 Å². The normalized spacial score (nSPS) is 13.6. The molecule has 1 unspecified atom stereocenters. The van der Waals surface area contributed by atoms with Crippen molar-refractivity contribution < 1.29 is 33.0 Å². The number of nitrogens with zero attached hydrogens (tertiary/aromatic N) is 1. The average Bonchev–Trinajstić information content (AvgIpc) is 3.36. The second kappa shape index (κ2) is 14.3. The lowest BCUT2D eigenvalue weighted by Crippen LogP contribution is -2.46. The minimum atomic E-state index is -1.38. The number of hydrogen-bond acceptors (Lipinski definition) is 9. The lowest BCUT2D eigenvalue weighted by atomic mass is 9.98. The molecule has 1 aromatic heterocycles. The Labute approximate surface area is 280 Å². The summed E-state index contributed by atoms with van der Waals surface area (Å²) < 4.78 is 22.3. The van der Waals surface area contributed by atoms with Crippen LogP contribution in [0.3, 0.4) is 0 Å². The van der Waals surface area contributed by atoms with Gasteiger partial charge in [0.15, 0.2) is 0 Å². The van der Waals surface area contributed by atoms with Crippen molar-refractivity contribution in [3.05, 3.63) is 99.9 Å². The molecule has 5 rings (SSSR count). The number of alkyl carbamates (subject to hydrolysis) is 1. The van der Waals surface area contributed by atoms with Gasteiger partial charge in [0, 0.05) is 47.8 Å². The molecular weight excluding hydrogens is 612 g/mol. The Bertz CT molecular complexity index is 1830. The van der Waals surface area contributed by atoms with Crippen molar-refractivity contribution in [1.82, 2.24) is 5.32 Å². The molecule has 10 heteroatoms. The molecule has 2 atom stereocenters. The molecule has 1 amide bonds. The summed E-state index contributed by atoms with van der Waals surface area (Å²) in [5.41, 5.74) is 4.51. The molecule has 252 valence electrons. The first-order valence-corrected chi connectivity index (χ1v) is 16.2. The first-order chi connectivity index (χ1) is 22.9. The second-order valence-electron chi connectivity index (χ2n) is 12.8. The highest BCUT2D eigenvalue weighted by Crippen LogP contribution is 2.44. The number of esters is 2. The minimum Gasteiger partial charge on any atom is -0.458 e. The minimum absolute atomic E-state index is 0.0298. The van der Waals surface area contributed by atoms with E-state index in [1.165, 1.54) is 6.07 Å². The topological polar surface area (TPSA) is 124 Å². The molecule has 1 heterocycles. The summed E-state index contributed by atoms with van der Waals surface area (Å²) in [5, 5.41) is 3.13. The van der Waals surface area contributed by atoms with Crippen LogP contribution in [0.5, 0.6) is 0 Å². The average molecular weight is 655 g/mol. The molecule has 1 N–H and O–H groups in total. The van der Waals surface area contributed by atoms with E-state index in [1.54, 1.807) is 33.8 Å². The van der Waals surface area contributed by atoms with Crippen LogP contribution in [0.2, 0.25) is 0 Å². The van der Waals surface area contributed by atoms with Crippen molar-refractivity contribution in [2.75, 3.05) is 24.6 Å². The van der Waals surface area contributed by atoms with Crippen LogP contribution in [0, 0.1) is 0 Å². The second-order valence-corrected chi connectivity index (χ2v) is 12.8. The standard InChI is InChI=1S/C38H42N2O8/c1-7-40(8-2)24-17-18-29-30(20-34(41)47-33(29)19-24)23(3)46-35(42)21-32(36(43)48-38(4,5)6)39-37(44)45-22-31-27-15-11-9-13-25(27)26-14-10-12-16-28(26)31/h9-20,23,31-32H,7-8,21-22H2,1-6H3,(H,39,44)/t23?,32-/m0/s1. The van der Waals surface area contributed by atoms with Crippen molar-refractivity contribution in [3.8, 4) is 11.1 Å². The van der Waals surface area contributed by atoms with Crippen LogP contribution in [0.15, 0.2) is 82.0 Å². The van der Waals surface area contributed by atoms with E-state index >= 15 is 0 Å². The van der Waals surface area contributed by atoms with Gasteiger partial charge in [0.1, 0.15) is 29.9 Å². The SMILES string of the molecule is CCN(CC)c1ccc2c(C(C)OC(=O)C[C@H](NC(=O)OCC3c4ccccc4-c4ccccc43)C(=O)OC(C)(C)C)cc(=O)oc2c1. The molecule has 0 radical (unpaired) electrons. The van der Waals surface area contributed by atoms with Crippen molar-refractivity contribution in [3.63, 3.8) is 0 Å². The van der Waals surface area contributed by atoms with Crippen LogP contribution in [-0.4, -0.2) is 49.4 Å². The van der Waals surface area contributed by atoms with Gasteiger partial charge in [-0.2, -0.15) is 0 Å². The zero-order chi connectivity index (χ0) is 34.6. The molecule has 48 heavy (non-hydrogen) atoms. The molecule has 3 aromatic carbocycles. The molecule has 1 aliphatic carbocycles. The number of ether oxygens (including phenoxy) is 3. The third kappa shape index (κ3) is 7.70. The Kier molecular flexibility index (Phi) is 10.2. The summed E-state index contributed by atoms with van der Waals surface area (Å²) >= 11 is 0. The summed E-state index contributed by atoms with van der Waals surface area (Å²) in [5.74, 6) is -1.77. The number of nitrogens with one attached hydrogen (secondary N) is 1. The number of anilines is 1. The van der Waals surface area contributed by atoms with E-state index in [0.29, 0.717) is 16.5 Å². The van der Waals surface area contributed by atoms with Gasteiger partial charge in [-0.1, -0.05) is 48.5 Å². The van der Waals surface area contributed by atoms with Gasteiger partial charge in [0.2, 0.25) is 0 Å². The first-order valence-electron chi connectivity index (χ1n) is 16.2. The fraction of sp³-hybridized carbons (Fsp3) is 0.368. The highest BCUT2D eigenvalue weighted by Gasteiger charge is 2.33. The maximum absolute atomic E-state index is 13.2. The maximum Gasteiger partial charge on any atom is 0.407 e. The van der Waals surface area contributed by atoms with E-state index in [4.69, 9.17) is 18.6 Å². The van der Waals surface area contributed by atoms with Crippen molar-refractivity contribution >= 4 is 34.7 Å². The van der Waals surface area contributed by atoms with E-state index in [1.807, 2.05) is 74.5 Å². The third-order valence-corrected chi connectivity index (χ3v) is 8.33. The summed E-state index contributed by atoms with van der Waals surface area (Å²) in [6, 6.07) is 21.3. The van der Waals surface area contributed by atoms with Crippen molar-refractivity contribution in [1.29, 1.82) is 0 Å². The molecule has 0 fully saturated rings. The largest absolute Gasteiger partial charge is 0.458 e. The van der Waals surface area contributed by atoms with Gasteiger partial charge in [0.25, 0.3) is 0 Å². The van der Waals surface area contributed by atoms with Crippen LogP contribution in [-0.2, 0) is 23.8 Å². The quantitative estimate of drug-likeness (QED) is 0.105. The fourth-order valence-corrected chi connectivity index (χ4v) is 6.12. The summed E-state index contributed by atoms with van der Waals surface area (Å²) in [4.78, 5) is 54.1. The van der Waals surface area contributed by atoms with E-state index in [2.05, 4.69) is 10.2 Å². The smallest absolute Gasteiger partial charge is 0.407 e. The molecule has 0 saturated carbocycles. The van der Waals surface area contributed by atoms with Crippen molar-refractivity contribution in [2.45, 2.75) is 71.6 Å². The number of rotatable bonds is 11. The molecule has 4 aromatic rings. The first kappa shape index (κ1) is 34.2. The predicted octanol–water partition coefficient (Wildman–Crippen LogP) is 6.88. The highest BCUT2D eigenvalue weighted by atomic mass is 16.6. The molecule has 0 bridgehead atoms. The predicted molar refractivity (Wildman–Crippen MR) is 183 cm³/mol. The zero-order valence-electron chi connectivity index (χ0n) is 28.2. The number of carbonyl (C=O) groups is 3. The fourth-order valence-electron chi connectivity index (χ4n) is 6.12. The van der Waals surface area contributed by atoms with E-state index in [0.717, 1.165) is 41.0 Å². The van der Waals surface area contributed by atoms with Gasteiger partial charge < -0.3 is 28.8 Å². The third-order valence-electron chi connectivity index (χ3n) is 8.33. The highest BCUT2D eigenvalue weighted by molar-refractivity contribution is 5.87. The summed E-state index contributed by atoms with van der Waals surface area (Å²) in [6.07, 6.45) is -2.25. The van der Waals surface area contributed by atoms with Crippen LogP contribution in [0.4, 0.5) is 10.5 Å². The molecule has 0 aliphatic heterocycles. The van der Waals surface area contributed by atoms with Crippen molar-refractivity contribution in [2.24, 2.45) is 0 Å². The Morgan fingerprint density at radius 3 is 2.15 bits per heavy atom. The number of hydrogen-bond donors (Lipinski definition) is 1. The molecule has 0 spiro atoms. The zero-order valence-corrected chi connectivity index (χ0v) is 28.2. The Morgan fingerprint density at radius 1 is 0.917 bits per heavy atom. The van der Waals surface area contributed by atoms with E-state index < -0.39 is 47.8 Å². The van der Waals surface area contributed by atoms with Gasteiger partial charge >= 0.3 is 23.7 Å². The summed E-state index contributed by atoms with van der Waals surface area (Å²) in [7, 11) is 0. The van der Waals surface area contributed by atoms with Gasteiger partial charge in [-0.15, -0.1) is 0 Å². The monoisotopic (exact) mass is 654 g/mol. The Morgan fingerprint density at radius 2 is 1.54 bits per heavy atom. The van der Waals surface area contributed by atoms with Crippen LogP contribution >= 0.6 is 0 Å². The van der Waals surface area contributed by atoms with E-state index in [9.17, 15) is 19.2 Å². The van der Waals surface area contributed by atoms with Crippen LogP contribution in [0.1, 0.15) is 76.7 Å². The van der Waals surface area contributed by atoms with Gasteiger partial charge in [0.05, 0.1) is 6.42 Å². The van der Waals surface area contributed by atoms with Gasteiger partial charge in [-0.3, -0.25) is 4.79 Å².